The van der Waals surface area contributed by atoms with Crippen LogP contribution >= 0.6 is 0 Å². The van der Waals surface area contributed by atoms with Crippen molar-refractivity contribution in [1.29, 1.82) is 0 Å². The minimum Gasteiger partial charge on any atom is -0.465 e. The summed E-state index contributed by atoms with van der Waals surface area (Å²) in [6.07, 6.45) is 0.411. The Morgan fingerprint density at radius 2 is 1.89 bits per heavy atom. The molecule has 28 heavy (non-hydrogen) atoms. The van der Waals surface area contributed by atoms with Gasteiger partial charge in [-0.2, -0.15) is 0 Å². The van der Waals surface area contributed by atoms with Crippen molar-refractivity contribution < 1.29 is 28.6 Å². The fourth-order valence-corrected chi connectivity index (χ4v) is 3.22. The van der Waals surface area contributed by atoms with Gasteiger partial charge in [-0.15, -0.1) is 0 Å². The number of benzene rings is 2. The van der Waals surface area contributed by atoms with Gasteiger partial charge in [0, 0.05) is 18.7 Å². The van der Waals surface area contributed by atoms with Gasteiger partial charge in [-0.05, 0) is 29.8 Å². The van der Waals surface area contributed by atoms with Crippen molar-refractivity contribution in [2.45, 2.75) is 6.04 Å². The Kier molecular flexibility index (Phi) is 4.31. The van der Waals surface area contributed by atoms with Crippen molar-refractivity contribution in [2.24, 2.45) is 0 Å². The van der Waals surface area contributed by atoms with Crippen molar-refractivity contribution in [3.63, 3.8) is 0 Å². The maximum Gasteiger partial charge on any atom is 0.405 e. The standard InChI is InChI=1S/C20H15FN2O5/c21-16-6-5-11(8-17-13-3-1-2-4-14(13)19(25)28-17)7-15(16)18(24)23-9-12(10-23)22-20(26)27/h1-8,12,22H,9-10H2,(H,26,27)/b17-8-. The first-order valence-corrected chi connectivity index (χ1v) is 8.54. The second-order valence-corrected chi connectivity index (χ2v) is 6.54. The first kappa shape index (κ1) is 17.7. The van der Waals surface area contributed by atoms with Crippen LogP contribution in [0, 0.1) is 5.82 Å². The summed E-state index contributed by atoms with van der Waals surface area (Å²) in [7, 11) is 0. The molecule has 0 bridgehead atoms. The molecule has 2 amide bonds. The second-order valence-electron chi connectivity index (χ2n) is 6.54. The first-order valence-electron chi connectivity index (χ1n) is 8.54. The number of carbonyl (C=O) groups is 3. The molecule has 0 atom stereocenters. The number of nitrogens with one attached hydrogen (secondary N) is 1. The fraction of sp³-hybridized carbons (Fsp3) is 0.150. The smallest absolute Gasteiger partial charge is 0.405 e. The molecule has 2 heterocycles. The van der Waals surface area contributed by atoms with Crippen LogP contribution in [0.2, 0.25) is 0 Å². The molecule has 142 valence electrons. The third-order valence-corrected chi connectivity index (χ3v) is 4.63. The molecule has 1 fully saturated rings. The highest BCUT2D eigenvalue weighted by Gasteiger charge is 2.33. The minimum atomic E-state index is -1.16. The van der Waals surface area contributed by atoms with Crippen molar-refractivity contribution in [3.05, 3.63) is 70.5 Å². The summed E-state index contributed by atoms with van der Waals surface area (Å²) in [5.74, 6) is -1.33. The molecule has 1 saturated heterocycles. The van der Waals surface area contributed by atoms with Gasteiger partial charge in [-0.3, -0.25) is 4.79 Å². The molecule has 2 N–H and O–H groups in total. The lowest BCUT2D eigenvalue weighted by molar-refractivity contribution is 0.0559. The van der Waals surface area contributed by atoms with E-state index in [9.17, 15) is 18.8 Å². The molecule has 2 aromatic carbocycles. The molecule has 0 saturated carbocycles. The van der Waals surface area contributed by atoms with Crippen LogP contribution in [0.1, 0.15) is 31.8 Å². The fourth-order valence-electron chi connectivity index (χ4n) is 3.22. The van der Waals surface area contributed by atoms with E-state index in [0.717, 1.165) is 0 Å². The van der Waals surface area contributed by atoms with E-state index in [0.29, 0.717) is 22.4 Å². The number of hydrogen-bond acceptors (Lipinski definition) is 4. The first-order chi connectivity index (χ1) is 13.4. The summed E-state index contributed by atoms with van der Waals surface area (Å²) < 4.78 is 19.5. The minimum absolute atomic E-state index is 0.124. The quantitative estimate of drug-likeness (QED) is 0.796. The number of rotatable bonds is 3. The lowest BCUT2D eigenvalue weighted by Crippen LogP contribution is -2.60. The molecule has 0 radical (unpaired) electrons. The average Bonchev–Trinajstić information content (AvgIpc) is 2.95. The lowest BCUT2D eigenvalue weighted by Gasteiger charge is -2.38. The van der Waals surface area contributed by atoms with Crippen LogP contribution in [0.4, 0.5) is 9.18 Å². The number of halogens is 1. The molecule has 0 unspecified atom stereocenters. The highest BCUT2D eigenvalue weighted by atomic mass is 19.1. The summed E-state index contributed by atoms with van der Waals surface area (Å²) in [4.78, 5) is 36.4. The third kappa shape index (κ3) is 3.20. The van der Waals surface area contributed by atoms with Crippen LogP contribution in [0.15, 0.2) is 42.5 Å². The molecule has 0 aliphatic carbocycles. The van der Waals surface area contributed by atoms with Gasteiger partial charge in [0.1, 0.15) is 11.6 Å². The van der Waals surface area contributed by atoms with Gasteiger partial charge in [0.2, 0.25) is 0 Å². The van der Waals surface area contributed by atoms with Gasteiger partial charge in [0.15, 0.2) is 0 Å². The third-order valence-electron chi connectivity index (χ3n) is 4.63. The van der Waals surface area contributed by atoms with Gasteiger partial charge < -0.3 is 20.1 Å². The SMILES string of the molecule is O=C(O)NC1CN(C(=O)c2cc(/C=C3\OC(=O)c4ccccc43)ccc2F)C1. The van der Waals surface area contributed by atoms with Gasteiger partial charge in [-0.25, -0.2) is 14.0 Å². The molecule has 2 aromatic rings. The van der Waals surface area contributed by atoms with E-state index in [2.05, 4.69) is 5.32 Å². The molecular formula is C20H15FN2O5. The van der Waals surface area contributed by atoms with E-state index in [4.69, 9.17) is 9.84 Å². The van der Waals surface area contributed by atoms with Crippen molar-refractivity contribution in [1.82, 2.24) is 10.2 Å². The number of carboxylic acid groups (broad SMARTS) is 1. The van der Waals surface area contributed by atoms with Crippen molar-refractivity contribution in [3.8, 4) is 0 Å². The molecular weight excluding hydrogens is 367 g/mol. The maximum absolute atomic E-state index is 14.2. The number of likely N-dealkylation sites (tertiary alicyclic amines) is 1. The zero-order valence-electron chi connectivity index (χ0n) is 14.5. The highest BCUT2D eigenvalue weighted by Crippen LogP contribution is 2.31. The predicted octanol–water partition coefficient (Wildman–Crippen LogP) is 2.59. The van der Waals surface area contributed by atoms with Crippen LogP contribution in [-0.2, 0) is 4.74 Å². The van der Waals surface area contributed by atoms with Crippen LogP contribution in [0.5, 0.6) is 0 Å². The topological polar surface area (TPSA) is 95.9 Å². The Hall–Kier alpha value is -3.68. The van der Waals surface area contributed by atoms with Crippen molar-refractivity contribution >= 4 is 29.8 Å². The van der Waals surface area contributed by atoms with Gasteiger partial charge in [0.05, 0.1) is 17.2 Å². The highest BCUT2D eigenvalue weighted by molar-refractivity contribution is 6.06. The second kappa shape index (κ2) is 6.80. The number of ether oxygens (including phenoxy) is 1. The molecule has 7 nitrogen and oxygen atoms in total. The Labute approximate surface area is 159 Å². The maximum atomic E-state index is 14.2. The Morgan fingerprint density at radius 3 is 2.61 bits per heavy atom. The van der Waals surface area contributed by atoms with E-state index in [-0.39, 0.29) is 24.7 Å². The van der Waals surface area contributed by atoms with E-state index in [1.807, 2.05) is 0 Å². The summed E-state index contributed by atoms with van der Waals surface area (Å²) >= 11 is 0. The van der Waals surface area contributed by atoms with Gasteiger partial charge >= 0.3 is 12.1 Å². The average molecular weight is 382 g/mol. The number of fused-ring (bicyclic) bond motifs is 1. The molecule has 4 rings (SSSR count). The molecule has 8 heteroatoms. The van der Waals surface area contributed by atoms with Crippen LogP contribution in [0.3, 0.4) is 0 Å². The monoisotopic (exact) mass is 382 g/mol. The number of esters is 1. The summed E-state index contributed by atoms with van der Waals surface area (Å²) in [6.45, 7) is 0.363. The van der Waals surface area contributed by atoms with Crippen molar-refractivity contribution in [2.75, 3.05) is 13.1 Å². The molecule has 2 aliphatic rings. The van der Waals surface area contributed by atoms with E-state index in [1.54, 1.807) is 30.3 Å². The predicted molar refractivity (Wildman–Crippen MR) is 97.0 cm³/mol. The molecule has 0 spiro atoms. The van der Waals surface area contributed by atoms with Crippen LogP contribution in [-0.4, -0.2) is 47.1 Å². The van der Waals surface area contributed by atoms with Gasteiger partial charge in [-0.1, -0.05) is 24.3 Å². The number of amides is 2. The number of cyclic esters (lactones) is 1. The van der Waals surface area contributed by atoms with E-state index >= 15 is 0 Å². The number of nitrogens with zero attached hydrogens (tertiary/aromatic N) is 1. The van der Waals surface area contributed by atoms with Crippen LogP contribution < -0.4 is 5.32 Å². The largest absolute Gasteiger partial charge is 0.465 e. The number of carbonyl (C=O) groups excluding carboxylic acids is 2. The Balaban J connectivity index is 1.56. The Bertz CT molecular complexity index is 1030. The van der Waals surface area contributed by atoms with Crippen LogP contribution in [0.25, 0.3) is 11.8 Å². The summed E-state index contributed by atoms with van der Waals surface area (Å²) in [6, 6.07) is 10.6. The van der Waals surface area contributed by atoms with E-state index < -0.39 is 23.8 Å². The van der Waals surface area contributed by atoms with Gasteiger partial charge in [0.25, 0.3) is 5.91 Å². The lowest BCUT2D eigenvalue weighted by atomic mass is 10.0. The molecule has 2 aliphatic heterocycles. The Morgan fingerprint density at radius 1 is 1.18 bits per heavy atom. The zero-order chi connectivity index (χ0) is 19.8. The summed E-state index contributed by atoms with van der Waals surface area (Å²) in [5.41, 5.74) is 1.46. The zero-order valence-corrected chi connectivity index (χ0v) is 14.5. The number of hydrogen-bond donors (Lipinski definition) is 2. The molecule has 0 aromatic heterocycles. The summed E-state index contributed by atoms with van der Waals surface area (Å²) in [5, 5.41) is 11.0. The normalized spacial score (nSPS) is 17.1. The van der Waals surface area contributed by atoms with E-state index in [1.165, 1.54) is 23.1 Å².